The summed E-state index contributed by atoms with van der Waals surface area (Å²) in [5.74, 6) is -0.492. The first-order valence-corrected chi connectivity index (χ1v) is 9.27. The van der Waals surface area contributed by atoms with Gasteiger partial charge in [0.15, 0.2) is 0 Å². The molecule has 1 unspecified atom stereocenters. The number of thioether (sulfide) groups is 1. The number of halogens is 1. The average molecular weight is 391 g/mol. The Labute approximate surface area is 160 Å². The van der Waals surface area contributed by atoms with Gasteiger partial charge in [-0.2, -0.15) is 0 Å². The normalized spacial score (nSPS) is 17.0. The average Bonchev–Trinajstić information content (AvgIpc) is 2.84. The number of carbonyl (C=O) groups excluding carboxylic acids is 2. The van der Waals surface area contributed by atoms with E-state index in [9.17, 15) is 9.59 Å². The Balaban J connectivity index is 1.66. The van der Waals surface area contributed by atoms with E-state index in [1.807, 2.05) is 31.2 Å². The molecule has 3 rings (SSSR count). The lowest BCUT2D eigenvalue weighted by molar-refractivity contribution is -0.121. The fraction of sp³-hybridized carbons (Fsp3) is 0.167. The summed E-state index contributed by atoms with van der Waals surface area (Å²) in [6, 6.07) is 14.4. The predicted octanol–water partition coefficient (Wildman–Crippen LogP) is 4.41. The van der Waals surface area contributed by atoms with Crippen LogP contribution in [0.4, 0.5) is 11.4 Å². The third kappa shape index (κ3) is 4.21. The third-order valence-corrected chi connectivity index (χ3v) is 5.35. The smallest absolute Gasteiger partial charge is 0.247 e. The van der Waals surface area contributed by atoms with Gasteiger partial charge in [0.25, 0.3) is 0 Å². The molecule has 0 bridgehead atoms. The monoisotopic (exact) mass is 390 g/mol. The van der Waals surface area contributed by atoms with Crippen molar-refractivity contribution in [3.63, 3.8) is 0 Å². The summed E-state index contributed by atoms with van der Waals surface area (Å²) in [5, 5.41) is 3.12. The second-order valence-corrected chi connectivity index (χ2v) is 7.95. The molecule has 1 fully saturated rings. The number of benzene rings is 2. The summed E-state index contributed by atoms with van der Waals surface area (Å²) in [4.78, 5) is 26.0. The summed E-state index contributed by atoms with van der Waals surface area (Å²) in [5.41, 5.74) is 2.54. The molecular weight excluding hydrogens is 376 g/mol. The molecule has 0 aromatic heterocycles. The maximum Gasteiger partial charge on any atom is 0.247 e. The summed E-state index contributed by atoms with van der Waals surface area (Å²) in [6.07, 6.45) is 0.127. The van der Waals surface area contributed by atoms with E-state index >= 15 is 0 Å². The topological polar surface area (TPSA) is 49.4 Å². The van der Waals surface area contributed by atoms with Gasteiger partial charge in [0.2, 0.25) is 11.8 Å². The standard InChI is InChI=1S/C18H15ClN2O2S2/c1-11-2-6-13(7-3-11)20-18(24)25-15-10-16(22)21(17(15)23)14-8-4-12(19)5-9-14/h2-9,15H,10H2,1H3,(H,20,24). The van der Waals surface area contributed by atoms with E-state index in [0.717, 1.165) is 11.3 Å². The van der Waals surface area contributed by atoms with Gasteiger partial charge in [-0.15, -0.1) is 0 Å². The van der Waals surface area contributed by atoms with Crippen LogP contribution in [-0.4, -0.2) is 21.4 Å². The van der Waals surface area contributed by atoms with Gasteiger partial charge in [-0.3, -0.25) is 9.59 Å². The van der Waals surface area contributed by atoms with Crippen LogP contribution in [0.25, 0.3) is 0 Å². The van der Waals surface area contributed by atoms with E-state index < -0.39 is 5.25 Å². The van der Waals surface area contributed by atoms with Crippen molar-refractivity contribution in [1.29, 1.82) is 0 Å². The Kier molecular flexibility index (Phi) is 5.42. The lowest BCUT2D eigenvalue weighted by atomic mass is 10.2. The SMILES string of the molecule is Cc1ccc(NC(=S)SC2CC(=O)N(c3ccc(Cl)cc3)C2=O)cc1. The van der Waals surface area contributed by atoms with E-state index in [0.29, 0.717) is 15.0 Å². The molecule has 0 saturated carbocycles. The van der Waals surface area contributed by atoms with E-state index in [-0.39, 0.29) is 18.2 Å². The van der Waals surface area contributed by atoms with Crippen molar-refractivity contribution in [3.05, 3.63) is 59.1 Å². The maximum absolute atomic E-state index is 12.6. The zero-order valence-electron chi connectivity index (χ0n) is 13.4. The summed E-state index contributed by atoms with van der Waals surface area (Å²) in [7, 11) is 0. The second kappa shape index (κ2) is 7.56. The Morgan fingerprint density at radius 3 is 2.44 bits per heavy atom. The number of aryl methyl sites for hydroxylation is 1. The zero-order valence-corrected chi connectivity index (χ0v) is 15.8. The number of imide groups is 1. The fourth-order valence-corrected chi connectivity index (χ4v) is 3.93. The number of carbonyl (C=O) groups is 2. The molecule has 2 amide bonds. The molecule has 1 atom stereocenters. The summed E-state index contributed by atoms with van der Waals surface area (Å²) < 4.78 is 0.466. The molecule has 4 nitrogen and oxygen atoms in total. The highest BCUT2D eigenvalue weighted by Crippen LogP contribution is 2.31. The Morgan fingerprint density at radius 1 is 1.16 bits per heavy atom. The van der Waals surface area contributed by atoms with Crippen LogP contribution >= 0.6 is 35.6 Å². The molecule has 1 saturated heterocycles. The van der Waals surface area contributed by atoms with Crippen LogP contribution in [0.3, 0.4) is 0 Å². The maximum atomic E-state index is 12.6. The van der Waals surface area contributed by atoms with Crippen LogP contribution in [-0.2, 0) is 9.59 Å². The zero-order chi connectivity index (χ0) is 18.0. The van der Waals surface area contributed by atoms with Crippen molar-refractivity contribution in [1.82, 2.24) is 0 Å². The van der Waals surface area contributed by atoms with E-state index in [1.165, 1.54) is 16.7 Å². The third-order valence-electron chi connectivity index (χ3n) is 3.74. The van der Waals surface area contributed by atoms with E-state index in [2.05, 4.69) is 5.32 Å². The van der Waals surface area contributed by atoms with Crippen molar-refractivity contribution >= 4 is 63.1 Å². The molecule has 2 aromatic carbocycles. The molecule has 25 heavy (non-hydrogen) atoms. The number of hydrogen-bond donors (Lipinski definition) is 1. The lowest BCUT2D eigenvalue weighted by Gasteiger charge is -2.15. The van der Waals surface area contributed by atoms with Crippen molar-refractivity contribution in [2.45, 2.75) is 18.6 Å². The molecule has 0 spiro atoms. The van der Waals surface area contributed by atoms with Gasteiger partial charge < -0.3 is 5.32 Å². The highest BCUT2D eigenvalue weighted by molar-refractivity contribution is 8.24. The van der Waals surface area contributed by atoms with Crippen LogP contribution in [0, 0.1) is 6.92 Å². The molecule has 0 aliphatic carbocycles. The van der Waals surface area contributed by atoms with Gasteiger partial charge >= 0.3 is 0 Å². The molecule has 0 radical (unpaired) electrons. The Morgan fingerprint density at radius 2 is 1.80 bits per heavy atom. The van der Waals surface area contributed by atoms with Gasteiger partial charge in [-0.1, -0.05) is 53.3 Å². The van der Waals surface area contributed by atoms with Crippen molar-refractivity contribution in [2.24, 2.45) is 0 Å². The minimum absolute atomic E-state index is 0.127. The Bertz CT molecular complexity index is 822. The molecule has 2 aromatic rings. The number of rotatable bonds is 3. The van der Waals surface area contributed by atoms with E-state index in [4.69, 9.17) is 23.8 Å². The van der Waals surface area contributed by atoms with Crippen molar-refractivity contribution < 1.29 is 9.59 Å². The number of nitrogens with zero attached hydrogens (tertiary/aromatic N) is 1. The number of anilines is 2. The van der Waals surface area contributed by atoms with Crippen LogP contribution < -0.4 is 10.2 Å². The molecule has 128 valence electrons. The molecule has 1 aliphatic heterocycles. The van der Waals surface area contributed by atoms with Crippen molar-refractivity contribution in [2.75, 3.05) is 10.2 Å². The second-order valence-electron chi connectivity index (χ2n) is 5.63. The minimum Gasteiger partial charge on any atom is -0.341 e. The lowest BCUT2D eigenvalue weighted by Crippen LogP contribution is -2.31. The molecular formula is C18H15ClN2O2S2. The molecule has 1 N–H and O–H groups in total. The quantitative estimate of drug-likeness (QED) is 0.621. The van der Waals surface area contributed by atoms with Gasteiger partial charge in [-0.05, 0) is 43.3 Å². The molecule has 7 heteroatoms. The molecule has 1 aliphatic rings. The van der Waals surface area contributed by atoms with Gasteiger partial charge in [0.1, 0.15) is 9.57 Å². The number of hydrogen-bond acceptors (Lipinski definition) is 4. The predicted molar refractivity (Wildman–Crippen MR) is 107 cm³/mol. The van der Waals surface area contributed by atoms with Crippen LogP contribution in [0.2, 0.25) is 5.02 Å². The first-order valence-electron chi connectivity index (χ1n) is 7.61. The largest absolute Gasteiger partial charge is 0.341 e. The Hall–Kier alpha value is -1.89. The first kappa shape index (κ1) is 17.9. The highest BCUT2D eigenvalue weighted by Gasteiger charge is 2.40. The number of nitrogens with one attached hydrogen (secondary N) is 1. The fourth-order valence-electron chi connectivity index (χ4n) is 2.47. The van der Waals surface area contributed by atoms with Gasteiger partial charge in [-0.25, -0.2) is 4.90 Å². The summed E-state index contributed by atoms with van der Waals surface area (Å²) >= 11 is 12.4. The van der Waals surface area contributed by atoms with Crippen molar-refractivity contribution in [3.8, 4) is 0 Å². The number of amides is 2. The number of thiocarbonyl (C=S) groups is 1. The summed E-state index contributed by atoms with van der Waals surface area (Å²) in [6.45, 7) is 2.00. The minimum atomic E-state index is -0.520. The van der Waals surface area contributed by atoms with Crippen LogP contribution in [0.15, 0.2) is 48.5 Å². The molecule has 1 heterocycles. The highest BCUT2D eigenvalue weighted by atomic mass is 35.5. The van der Waals surface area contributed by atoms with Gasteiger partial charge in [0.05, 0.1) is 5.69 Å². The van der Waals surface area contributed by atoms with E-state index in [1.54, 1.807) is 24.3 Å². The van der Waals surface area contributed by atoms with Crippen LogP contribution in [0.1, 0.15) is 12.0 Å². The van der Waals surface area contributed by atoms with Crippen LogP contribution in [0.5, 0.6) is 0 Å². The van der Waals surface area contributed by atoms with Gasteiger partial charge in [0, 0.05) is 17.1 Å². The first-order chi connectivity index (χ1) is 11.9.